The van der Waals surface area contributed by atoms with Crippen molar-refractivity contribution in [3.63, 3.8) is 0 Å². The van der Waals surface area contributed by atoms with E-state index in [0.717, 1.165) is 24.9 Å². The van der Waals surface area contributed by atoms with E-state index in [1.807, 2.05) is 18.2 Å². The fourth-order valence-corrected chi connectivity index (χ4v) is 3.75. The number of hydrogen-bond acceptors (Lipinski definition) is 5. The number of carbonyl (C=O) groups is 2. The second-order valence-electron chi connectivity index (χ2n) is 7.68. The zero-order valence-corrected chi connectivity index (χ0v) is 17.8. The van der Waals surface area contributed by atoms with Gasteiger partial charge in [-0.05, 0) is 60.6 Å². The fourth-order valence-electron chi connectivity index (χ4n) is 3.75. The largest absolute Gasteiger partial charge is 0.463 e. The summed E-state index contributed by atoms with van der Waals surface area (Å²) in [6, 6.07) is 12.7. The first-order chi connectivity index (χ1) is 15.5. The fraction of sp³-hybridized carbons (Fsp3) is 0.320. The predicted octanol–water partition coefficient (Wildman–Crippen LogP) is 2.31. The molecule has 1 unspecified atom stereocenters. The van der Waals surface area contributed by atoms with Gasteiger partial charge in [-0.1, -0.05) is 24.1 Å². The summed E-state index contributed by atoms with van der Waals surface area (Å²) in [5.74, 6) is 2.48. The van der Waals surface area contributed by atoms with Gasteiger partial charge in [-0.25, -0.2) is 0 Å². The second-order valence-corrected chi connectivity index (χ2v) is 7.68. The third-order valence-corrected chi connectivity index (χ3v) is 5.39. The van der Waals surface area contributed by atoms with Gasteiger partial charge in [0.25, 0.3) is 5.91 Å². The van der Waals surface area contributed by atoms with Crippen molar-refractivity contribution in [2.45, 2.75) is 25.7 Å². The number of amidine groups is 1. The zero-order valence-electron chi connectivity index (χ0n) is 17.8. The first-order valence-corrected chi connectivity index (χ1v) is 10.5. The maximum atomic E-state index is 12.6. The minimum absolute atomic E-state index is 0.0423. The van der Waals surface area contributed by atoms with Gasteiger partial charge in [0.2, 0.25) is 0 Å². The van der Waals surface area contributed by atoms with Crippen molar-refractivity contribution in [1.82, 2.24) is 0 Å². The molecule has 1 aliphatic carbocycles. The molecule has 7 nitrogen and oxygen atoms in total. The van der Waals surface area contributed by atoms with Gasteiger partial charge in [0.15, 0.2) is 0 Å². The molecule has 0 heterocycles. The smallest absolute Gasteiger partial charge is 0.306 e. The Hall–Kier alpha value is -3.63. The molecule has 0 aromatic heterocycles. The predicted molar refractivity (Wildman–Crippen MR) is 123 cm³/mol. The monoisotopic (exact) mass is 433 g/mol. The number of esters is 1. The molecule has 7 heteroatoms. The standard InChI is InChI=1S/C25H27N3O4/c1-2-11-27-24(26)18-5-7-19(8-6-18)25(31)28-22-10-9-20-14-17(3-4-21(20)16-22)15-23(30)32-13-12-29/h1,5-10,16-17,29H,3-4,11-15H2,(H2,26,27)(H,28,31). The lowest BCUT2D eigenvalue weighted by atomic mass is 9.82. The highest BCUT2D eigenvalue weighted by molar-refractivity contribution is 6.05. The van der Waals surface area contributed by atoms with E-state index in [1.165, 1.54) is 11.1 Å². The van der Waals surface area contributed by atoms with Crippen LogP contribution in [0.1, 0.15) is 39.9 Å². The summed E-state index contributed by atoms with van der Waals surface area (Å²) in [4.78, 5) is 28.5. The molecule has 0 saturated heterocycles. The first-order valence-electron chi connectivity index (χ1n) is 10.5. The van der Waals surface area contributed by atoms with Crippen molar-refractivity contribution in [2.24, 2.45) is 16.6 Å². The summed E-state index contributed by atoms with van der Waals surface area (Å²) in [5.41, 5.74) is 10.2. The van der Waals surface area contributed by atoms with Gasteiger partial charge in [-0.2, -0.15) is 0 Å². The average molecular weight is 434 g/mol. The molecule has 1 atom stereocenters. The Kier molecular flexibility index (Phi) is 8.01. The van der Waals surface area contributed by atoms with Crippen molar-refractivity contribution in [3.8, 4) is 12.3 Å². The minimum atomic E-state index is -0.272. The number of ether oxygens (including phenoxy) is 1. The maximum Gasteiger partial charge on any atom is 0.306 e. The quantitative estimate of drug-likeness (QED) is 0.256. The molecule has 2 aromatic carbocycles. The first kappa shape index (κ1) is 23.0. The number of nitrogens with zero attached hydrogens (tertiary/aromatic N) is 1. The number of aliphatic hydroxyl groups excluding tert-OH is 1. The summed E-state index contributed by atoms with van der Waals surface area (Å²) in [6.07, 6.45) is 8.04. The third-order valence-electron chi connectivity index (χ3n) is 5.39. The molecule has 166 valence electrons. The van der Waals surface area contributed by atoms with E-state index in [4.69, 9.17) is 22.0 Å². The van der Waals surface area contributed by atoms with Gasteiger partial charge in [0.05, 0.1) is 6.61 Å². The van der Waals surface area contributed by atoms with Crippen LogP contribution in [0.2, 0.25) is 0 Å². The Morgan fingerprint density at radius 1 is 1.19 bits per heavy atom. The number of benzene rings is 2. The van der Waals surface area contributed by atoms with Crippen LogP contribution >= 0.6 is 0 Å². The lowest BCUT2D eigenvalue weighted by Gasteiger charge is -2.24. The van der Waals surface area contributed by atoms with Crippen LogP contribution in [0.3, 0.4) is 0 Å². The molecular weight excluding hydrogens is 406 g/mol. The Labute approximate surface area is 187 Å². The lowest BCUT2D eigenvalue weighted by molar-refractivity contribution is -0.145. The van der Waals surface area contributed by atoms with E-state index in [0.29, 0.717) is 23.4 Å². The highest BCUT2D eigenvalue weighted by atomic mass is 16.5. The summed E-state index contributed by atoms with van der Waals surface area (Å²) < 4.78 is 4.97. The normalized spacial score (nSPS) is 15.4. The Balaban J connectivity index is 1.59. The van der Waals surface area contributed by atoms with E-state index in [9.17, 15) is 9.59 Å². The van der Waals surface area contributed by atoms with Crippen molar-refractivity contribution in [1.29, 1.82) is 0 Å². The molecular formula is C25H27N3O4. The van der Waals surface area contributed by atoms with Crippen LogP contribution in [0.15, 0.2) is 47.5 Å². The molecule has 0 spiro atoms. The third kappa shape index (κ3) is 6.19. The minimum Gasteiger partial charge on any atom is -0.463 e. The van der Waals surface area contributed by atoms with Crippen LogP contribution in [0, 0.1) is 18.3 Å². The number of aliphatic hydroxyl groups is 1. The van der Waals surface area contributed by atoms with Crippen LogP contribution in [0.5, 0.6) is 0 Å². The number of terminal acetylenes is 1. The molecule has 0 fully saturated rings. The summed E-state index contributed by atoms with van der Waals surface area (Å²) in [7, 11) is 0. The number of aliphatic imine (C=N–C) groups is 1. The maximum absolute atomic E-state index is 12.6. The van der Waals surface area contributed by atoms with Gasteiger partial charge >= 0.3 is 5.97 Å². The summed E-state index contributed by atoms with van der Waals surface area (Å²) >= 11 is 0. The number of carbonyl (C=O) groups excluding carboxylic acids is 2. The number of aryl methyl sites for hydroxylation is 1. The Bertz CT molecular complexity index is 1040. The van der Waals surface area contributed by atoms with Crippen molar-refractivity contribution < 1.29 is 19.4 Å². The molecule has 1 aliphatic rings. The van der Waals surface area contributed by atoms with E-state index < -0.39 is 0 Å². The van der Waals surface area contributed by atoms with Crippen LogP contribution in [-0.4, -0.2) is 42.6 Å². The van der Waals surface area contributed by atoms with Gasteiger partial charge in [-0.3, -0.25) is 14.6 Å². The summed E-state index contributed by atoms with van der Waals surface area (Å²) in [5, 5.41) is 11.7. The molecule has 2 aromatic rings. The van der Waals surface area contributed by atoms with E-state index in [-0.39, 0.29) is 37.6 Å². The number of nitrogens with one attached hydrogen (secondary N) is 1. The zero-order chi connectivity index (χ0) is 22.9. The topological polar surface area (TPSA) is 114 Å². The highest BCUT2D eigenvalue weighted by Crippen LogP contribution is 2.30. The Morgan fingerprint density at radius 2 is 1.94 bits per heavy atom. The Morgan fingerprint density at radius 3 is 2.66 bits per heavy atom. The summed E-state index contributed by atoms with van der Waals surface area (Å²) in [6.45, 7) is 0.0916. The molecule has 32 heavy (non-hydrogen) atoms. The van der Waals surface area contributed by atoms with E-state index >= 15 is 0 Å². The van der Waals surface area contributed by atoms with Crippen LogP contribution in [-0.2, 0) is 22.4 Å². The molecule has 3 rings (SSSR count). The average Bonchev–Trinajstić information content (AvgIpc) is 2.81. The van der Waals surface area contributed by atoms with Crippen LogP contribution in [0.25, 0.3) is 0 Å². The van der Waals surface area contributed by atoms with Gasteiger partial charge in [0.1, 0.15) is 19.0 Å². The van der Waals surface area contributed by atoms with Gasteiger partial charge in [0, 0.05) is 23.2 Å². The van der Waals surface area contributed by atoms with Crippen molar-refractivity contribution in [2.75, 3.05) is 25.1 Å². The van der Waals surface area contributed by atoms with Crippen molar-refractivity contribution in [3.05, 3.63) is 64.7 Å². The lowest BCUT2D eigenvalue weighted by Crippen LogP contribution is -2.20. The number of anilines is 1. The molecule has 0 aliphatic heterocycles. The SMILES string of the molecule is C#CCN=C(N)c1ccc(C(=O)Nc2ccc3c(c2)CCC(CC(=O)OCCO)C3)cc1. The number of hydrogen-bond donors (Lipinski definition) is 3. The second kappa shape index (κ2) is 11.1. The molecule has 0 bridgehead atoms. The number of nitrogens with two attached hydrogens (primary N) is 1. The van der Waals surface area contributed by atoms with E-state index in [2.05, 4.69) is 16.2 Å². The number of fused-ring (bicyclic) bond motifs is 1. The van der Waals surface area contributed by atoms with Gasteiger partial charge in [-0.15, -0.1) is 6.42 Å². The molecule has 4 N–H and O–H groups in total. The van der Waals surface area contributed by atoms with Crippen molar-refractivity contribution >= 4 is 23.4 Å². The number of rotatable bonds is 8. The van der Waals surface area contributed by atoms with Gasteiger partial charge < -0.3 is 20.9 Å². The van der Waals surface area contributed by atoms with E-state index in [1.54, 1.807) is 24.3 Å². The molecule has 0 saturated carbocycles. The van der Waals surface area contributed by atoms with Crippen LogP contribution in [0.4, 0.5) is 5.69 Å². The molecule has 0 radical (unpaired) electrons. The molecule has 1 amide bonds. The highest BCUT2D eigenvalue weighted by Gasteiger charge is 2.22. The number of amides is 1. The van der Waals surface area contributed by atoms with Crippen LogP contribution < -0.4 is 11.1 Å².